The summed E-state index contributed by atoms with van der Waals surface area (Å²) in [7, 11) is 0. The van der Waals surface area contributed by atoms with Crippen LogP contribution in [-0.2, 0) is 4.74 Å². The summed E-state index contributed by atoms with van der Waals surface area (Å²) in [5, 5.41) is 12.3. The van der Waals surface area contributed by atoms with Gasteiger partial charge in [-0.25, -0.2) is 0 Å². The zero-order valence-corrected chi connectivity index (χ0v) is 10.4. The first kappa shape index (κ1) is 12.5. The number of nitriles is 1. The van der Waals surface area contributed by atoms with E-state index in [0.29, 0.717) is 0 Å². The Morgan fingerprint density at radius 1 is 1.27 bits per heavy atom. The van der Waals surface area contributed by atoms with E-state index in [0.717, 1.165) is 12.8 Å². The van der Waals surface area contributed by atoms with Crippen LogP contribution in [0, 0.1) is 11.3 Å². The summed E-state index contributed by atoms with van der Waals surface area (Å²) >= 11 is 0. The Hall–Kier alpha value is -0.590. The Morgan fingerprint density at radius 2 is 1.73 bits per heavy atom. The van der Waals surface area contributed by atoms with Crippen molar-refractivity contribution in [3.8, 4) is 6.07 Å². The molecule has 0 aromatic heterocycles. The standard InChI is InChI=1S/C12H22N2O/c1-9(8-13)15-10-6-11(2,3)14-12(4,5)7-10/h9-10,14H,6-7H2,1-5H3. The zero-order chi connectivity index (χ0) is 11.7. The third-order valence-corrected chi connectivity index (χ3v) is 2.73. The van der Waals surface area contributed by atoms with Crippen LogP contribution in [0.5, 0.6) is 0 Å². The second kappa shape index (κ2) is 4.11. The van der Waals surface area contributed by atoms with Crippen LogP contribution in [0.1, 0.15) is 47.5 Å². The molecule has 1 aliphatic heterocycles. The molecule has 0 aliphatic carbocycles. The largest absolute Gasteiger partial charge is 0.360 e. The highest BCUT2D eigenvalue weighted by atomic mass is 16.5. The highest BCUT2D eigenvalue weighted by molar-refractivity contribution is 4.98. The summed E-state index contributed by atoms with van der Waals surface area (Å²) < 4.78 is 5.71. The van der Waals surface area contributed by atoms with Crippen molar-refractivity contribution in [1.82, 2.24) is 5.32 Å². The molecule has 1 N–H and O–H groups in total. The molecule has 1 saturated heterocycles. The number of nitrogens with one attached hydrogen (secondary N) is 1. The van der Waals surface area contributed by atoms with E-state index < -0.39 is 0 Å². The summed E-state index contributed by atoms with van der Waals surface area (Å²) in [6.45, 7) is 10.5. The van der Waals surface area contributed by atoms with E-state index in [9.17, 15) is 0 Å². The van der Waals surface area contributed by atoms with Gasteiger partial charge in [-0.2, -0.15) is 5.26 Å². The van der Waals surface area contributed by atoms with E-state index in [4.69, 9.17) is 10.00 Å². The normalized spacial score (nSPS) is 26.9. The summed E-state index contributed by atoms with van der Waals surface area (Å²) in [6, 6.07) is 2.12. The lowest BCUT2D eigenvalue weighted by atomic mass is 9.81. The maximum atomic E-state index is 8.74. The summed E-state index contributed by atoms with van der Waals surface area (Å²) in [4.78, 5) is 0. The Bertz CT molecular complexity index is 249. The second-order valence-electron chi connectivity index (χ2n) is 5.83. The van der Waals surface area contributed by atoms with Gasteiger partial charge in [-0.1, -0.05) is 0 Å². The zero-order valence-electron chi connectivity index (χ0n) is 10.4. The Balaban J connectivity index is 2.64. The van der Waals surface area contributed by atoms with Gasteiger partial charge in [0.1, 0.15) is 6.10 Å². The molecule has 3 nitrogen and oxygen atoms in total. The number of piperidine rings is 1. The van der Waals surface area contributed by atoms with Crippen molar-refractivity contribution in [3.63, 3.8) is 0 Å². The Kier molecular flexibility index (Phi) is 3.42. The van der Waals surface area contributed by atoms with Crippen LogP contribution in [0.2, 0.25) is 0 Å². The fraction of sp³-hybridized carbons (Fsp3) is 0.917. The number of hydrogen-bond acceptors (Lipinski definition) is 3. The van der Waals surface area contributed by atoms with E-state index in [-0.39, 0.29) is 23.3 Å². The SMILES string of the molecule is CC(C#N)OC1CC(C)(C)NC(C)(C)C1. The predicted octanol–water partition coefficient (Wildman–Crippen LogP) is 2.22. The molecule has 1 fully saturated rings. The van der Waals surface area contributed by atoms with Gasteiger partial charge < -0.3 is 10.1 Å². The first-order chi connectivity index (χ1) is 6.74. The average molecular weight is 210 g/mol. The molecule has 0 amide bonds. The lowest BCUT2D eigenvalue weighted by molar-refractivity contribution is -0.0386. The van der Waals surface area contributed by atoms with Gasteiger partial charge in [0.25, 0.3) is 0 Å². The van der Waals surface area contributed by atoms with E-state index >= 15 is 0 Å². The molecule has 0 bridgehead atoms. The van der Waals surface area contributed by atoms with E-state index in [1.165, 1.54) is 0 Å². The molecule has 1 rings (SSSR count). The van der Waals surface area contributed by atoms with Crippen LogP contribution < -0.4 is 5.32 Å². The minimum atomic E-state index is -0.306. The third kappa shape index (κ3) is 3.81. The first-order valence-electron chi connectivity index (χ1n) is 5.58. The molecule has 15 heavy (non-hydrogen) atoms. The van der Waals surface area contributed by atoms with Gasteiger partial charge in [0.05, 0.1) is 12.2 Å². The topological polar surface area (TPSA) is 45.0 Å². The van der Waals surface area contributed by atoms with Crippen LogP contribution in [0.4, 0.5) is 0 Å². The van der Waals surface area contributed by atoms with Crippen molar-refractivity contribution >= 4 is 0 Å². The van der Waals surface area contributed by atoms with Crippen molar-refractivity contribution in [3.05, 3.63) is 0 Å². The van der Waals surface area contributed by atoms with Crippen molar-refractivity contribution in [1.29, 1.82) is 5.26 Å². The van der Waals surface area contributed by atoms with Crippen LogP contribution in [0.3, 0.4) is 0 Å². The molecule has 0 aromatic rings. The van der Waals surface area contributed by atoms with Gasteiger partial charge in [0.2, 0.25) is 0 Å². The lowest BCUT2D eigenvalue weighted by Crippen LogP contribution is -2.59. The molecule has 0 aromatic carbocycles. The van der Waals surface area contributed by atoms with Gasteiger partial charge in [-0.3, -0.25) is 0 Å². The van der Waals surface area contributed by atoms with E-state index in [2.05, 4.69) is 39.1 Å². The van der Waals surface area contributed by atoms with Gasteiger partial charge in [-0.05, 0) is 47.5 Å². The second-order valence-corrected chi connectivity index (χ2v) is 5.83. The predicted molar refractivity (Wildman–Crippen MR) is 60.5 cm³/mol. The van der Waals surface area contributed by atoms with Crippen LogP contribution in [0.25, 0.3) is 0 Å². The smallest absolute Gasteiger partial charge is 0.141 e. The molecule has 3 heteroatoms. The number of nitrogens with zero attached hydrogens (tertiary/aromatic N) is 1. The average Bonchev–Trinajstić information content (AvgIpc) is 1.97. The van der Waals surface area contributed by atoms with Crippen LogP contribution >= 0.6 is 0 Å². The maximum absolute atomic E-state index is 8.74. The summed E-state index contributed by atoms with van der Waals surface area (Å²) in [5.41, 5.74) is 0.170. The van der Waals surface area contributed by atoms with Gasteiger partial charge >= 0.3 is 0 Å². The fourth-order valence-electron chi connectivity index (χ4n) is 2.64. The van der Waals surface area contributed by atoms with Crippen molar-refractivity contribution in [2.75, 3.05) is 0 Å². The third-order valence-electron chi connectivity index (χ3n) is 2.73. The van der Waals surface area contributed by atoms with Crippen LogP contribution in [-0.4, -0.2) is 23.3 Å². The van der Waals surface area contributed by atoms with Crippen LogP contribution in [0.15, 0.2) is 0 Å². The molecule has 0 saturated carbocycles. The molecule has 1 unspecified atom stereocenters. The summed E-state index contributed by atoms with van der Waals surface area (Å²) in [6.07, 6.45) is 1.80. The number of hydrogen-bond donors (Lipinski definition) is 1. The minimum absolute atomic E-state index is 0.0849. The minimum Gasteiger partial charge on any atom is -0.360 e. The quantitative estimate of drug-likeness (QED) is 0.760. The highest BCUT2D eigenvalue weighted by Crippen LogP contribution is 2.30. The van der Waals surface area contributed by atoms with Crippen molar-refractivity contribution in [2.45, 2.75) is 70.7 Å². The molecule has 1 aliphatic rings. The maximum Gasteiger partial charge on any atom is 0.141 e. The van der Waals surface area contributed by atoms with Gasteiger partial charge in [0, 0.05) is 11.1 Å². The van der Waals surface area contributed by atoms with E-state index in [1.54, 1.807) is 0 Å². The molecule has 86 valence electrons. The lowest BCUT2D eigenvalue weighted by Gasteiger charge is -2.46. The number of ether oxygens (including phenoxy) is 1. The molecule has 0 spiro atoms. The summed E-state index contributed by atoms with van der Waals surface area (Å²) in [5.74, 6) is 0. The van der Waals surface area contributed by atoms with Crippen molar-refractivity contribution < 1.29 is 4.74 Å². The number of rotatable bonds is 2. The molecule has 0 radical (unpaired) electrons. The Labute approximate surface area is 92.8 Å². The highest BCUT2D eigenvalue weighted by Gasteiger charge is 2.38. The van der Waals surface area contributed by atoms with Gasteiger partial charge in [0.15, 0.2) is 0 Å². The molecular formula is C12H22N2O. The molecular weight excluding hydrogens is 188 g/mol. The first-order valence-corrected chi connectivity index (χ1v) is 5.58. The molecule has 1 atom stereocenters. The van der Waals surface area contributed by atoms with Crippen molar-refractivity contribution in [2.24, 2.45) is 0 Å². The van der Waals surface area contributed by atoms with Gasteiger partial charge in [-0.15, -0.1) is 0 Å². The monoisotopic (exact) mass is 210 g/mol. The molecule has 1 heterocycles. The van der Waals surface area contributed by atoms with E-state index in [1.807, 2.05) is 6.92 Å². The Morgan fingerprint density at radius 3 is 2.13 bits per heavy atom. The fourth-order valence-corrected chi connectivity index (χ4v) is 2.64.